The molecular weight excluding hydrogens is 119 g/mol. The molecule has 0 atom stereocenters. The van der Waals surface area contributed by atoms with Crippen molar-refractivity contribution in [2.75, 3.05) is 7.11 Å². The van der Waals surface area contributed by atoms with Gasteiger partial charge in [-0.3, -0.25) is 4.79 Å². The topological polar surface area (TPSA) is 26.3 Å². The third kappa shape index (κ3) is 7.11. The van der Waals surface area contributed by atoms with E-state index in [1.54, 1.807) is 6.92 Å². The Kier molecular flexibility index (Phi) is 11.1. The third-order valence-corrected chi connectivity index (χ3v) is 0.516. The summed E-state index contributed by atoms with van der Waals surface area (Å²) in [4.78, 5) is 9.96. The molecule has 0 saturated carbocycles. The number of methoxy groups -OCH3 is 1. The van der Waals surface area contributed by atoms with Gasteiger partial charge in [0.05, 0.1) is 7.11 Å². The summed E-state index contributed by atoms with van der Waals surface area (Å²) in [6.45, 7) is 1.76. The van der Waals surface area contributed by atoms with Crippen molar-refractivity contribution in [1.82, 2.24) is 0 Å². The predicted octanol–water partition coefficient (Wildman–Crippen LogP) is -0.0791. The summed E-state index contributed by atoms with van der Waals surface area (Å²) < 4.78 is 4.26. The van der Waals surface area contributed by atoms with E-state index >= 15 is 0 Å². The molecule has 0 unspecified atom stereocenters. The number of carbonyl (C=O) groups excluding carboxylic acids is 1. The average molecular weight is 128 g/mol. The maximum absolute atomic E-state index is 9.96. The Labute approximate surface area is 86.0 Å². The molecule has 0 N–H and O–H groups in total. The fourth-order valence-electron chi connectivity index (χ4n) is 0.144. The first-order valence-corrected chi connectivity index (χ1v) is 1.88. The Morgan fingerprint density at radius 2 is 2.14 bits per heavy atom. The summed E-state index contributed by atoms with van der Waals surface area (Å²) in [5, 5.41) is 0. The first kappa shape index (κ1) is 11.0. The molecule has 0 aromatic rings. The van der Waals surface area contributed by atoms with Crippen molar-refractivity contribution in [3.63, 3.8) is 0 Å². The number of hydrogen-bond donors (Lipinski definition) is 0. The molecule has 0 fully saturated rings. The Balaban J connectivity index is 0. The van der Waals surface area contributed by atoms with Crippen LogP contribution in [0.15, 0.2) is 0 Å². The van der Waals surface area contributed by atoms with Crippen LogP contribution in [0.5, 0.6) is 0 Å². The van der Waals surface area contributed by atoms with E-state index in [9.17, 15) is 4.79 Å². The molecule has 0 bridgehead atoms. The van der Waals surface area contributed by atoms with Crippen molar-refractivity contribution in [1.29, 1.82) is 0 Å². The van der Waals surface area contributed by atoms with Gasteiger partial charge in [0.2, 0.25) is 0 Å². The molecule has 0 aliphatic carbocycles. The Hall–Kier alpha value is 1.11. The van der Waals surface area contributed by atoms with Crippen LogP contribution in [0.4, 0.5) is 0 Å². The molecule has 0 rings (SSSR count). The zero-order chi connectivity index (χ0) is 4.99. The zero-order valence-electron chi connectivity index (χ0n) is 4.02. The SMILES string of the molecule is CCC(=O)OC.[KH]. The molecule has 7 heavy (non-hydrogen) atoms. The van der Waals surface area contributed by atoms with Gasteiger partial charge in [0, 0.05) is 6.42 Å². The van der Waals surface area contributed by atoms with E-state index in [1.807, 2.05) is 0 Å². The summed E-state index contributed by atoms with van der Waals surface area (Å²) in [5.41, 5.74) is 0. The number of rotatable bonds is 1. The van der Waals surface area contributed by atoms with Gasteiger partial charge >= 0.3 is 57.4 Å². The van der Waals surface area contributed by atoms with Gasteiger partial charge in [0.1, 0.15) is 0 Å². The first-order valence-electron chi connectivity index (χ1n) is 1.88. The third-order valence-electron chi connectivity index (χ3n) is 0.516. The second kappa shape index (κ2) is 7.11. The molecule has 0 amide bonds. The van der Waals surface area contributed by atoms with Gasteiger partial charge in [-0.25, -0.2) is 0 Å². The number of carbonyl (C=O) groups is 1. The van der Waals surface area contributed by atoms with Crippen molar-refractivity contribution in [2.45, 2.75) is 13.3 Å². The van der Waals surface area contributed by atoms with E-state index in [-0.39, 0.29) is 57.4 Å². The second-order valence-electron chi connectivity index (χ2n) is 0.930. The van der Waals surface area contributed by atoms with E-state index in [4.69, 9.17) is 0 Å². The van der Waals surface area contributed by atoms with E-state index < -0.39 is 0 Å². The van der Waals surface area contributed by atoms with Crippen LogP contribution >= 0.6 is 0 Å². The zero-order valence-corrected chi connectivity index (χ0v) is 4.02. The van der Waals surface area contributed by atoms with Crippen LogP contribution in [-0.2, 0) is 9.53 Å². The fraction of sp³-hybridized carbons (Fsp3) is 0.750. The minimum absolute atomic E-state index is 0. The van der Waals surface area contributed by atoms with E-state index in [1.165, 1.54) is 7.11 Å². The van der Waals surface area contributed by atoms with Crippen LogP contribution < -0.4 is 0 Å². The molecule has 0 saturated heterocycles. The van der Waals surface area contributed by atoms with Crippen molar-refractivity contribution >= 4 is 57.4 Å². The standard InChI is InChI=1S/C4H8O2.K.H/c1-3-4(5)6-2;;/h3H2,1-2H3;;. The van der Waals surface area contributed by atoms with Crippen LogP contribution in [0, 0.1) is 0 Å². The fourth-order valence-corrected chi connectivity index (χ4v) is 0.144. The van der Waals surface area contributed by atoms with E-state index in [2.05, 4.69) is 4.74 Å². The molecule has 0 heterocycles. The molecule has 2 nitrogen and oxygen atoms in total. The Morgan fingerprint density at radius 1 is 1.71 bits per heavy atom. The monoisotopic (exact) mass is 128 g/mol. The van der Waals surface area contributed by atoms with Crippen molar-refractivity contribution < 1.29 is 9.53 Å². The van der Waals surface area contributed by atoms with Gasteiger partial charge in [0.25, 0.3) is 0 Å². The first-order chi connectivity index (χ1) is 2.81. The average Bonchev–Trinajstić information content (AvgIpc) is 1.65. The van der Waals surface area contributed by atoms with Gasteiger partial charge in [-0.15, -0.1) is 0 Å². The molecule has 0 aromatic heterocycles. The summed E-state index contributed by atoms with van der Waals surface area (Å²) in [5.74, 6) is -0.157. The van der Waals surface area contributed by atoms with Crippen LogP contribution in [0.25, 0.3) is 0 Å². The van der Waals surface area contributed by atoms with Gasteiger partial charge in [-0.1, -0.05) is 6.92 Å². The summed E-state index contributed by atoms with van der Waals surface area (Å²) >= 11 is 0. The molecule has 0 radical (unpaired) electrons. The molecule has 0 aliphatic heterocycles. The van der Waals surface area contributed by atoms with Gasteiger partial charge in [-0.2, -0.15) is 0 Å². The van der Waals surface area contributed by atoms with E-state index in [0.717, 1.165) is 0 Å². The van der Waals surface area contributed by atoms with Gasteiger partial charge in [0.15, 0.2) is 0 Å². The maximum atomic E-state index is 9.96. The number of hydrogen-bond acceptors (Lipinski definition) is 2. The molecule has 0 aliphatic rings. The Bertz CT molecular complexity index is 47.7. The molecule has 0 spiro atoms. The van der Waals surface area contributed by atoms with E-state index in [0.29, 0.717) is 6.42 Å². The Morgan fingerprint density at radius 3 is 2.14 bits per heavy atom. The molecule has 0 aromatic carbocycles. The quantitative estimate of drug-likeness (QED) is 0.365. The predicted molar refractivity (Wildman–Crippen MR) is 29.5 cm³/mol. The van der Waals surface area contributed by atoms with Crippen LogP contribution in [0.3, 0.4) is 0 Å². The number of ether oxygens (including phenoxy) is 1. The van der Waals surface area contributed by atoms with Crippen molar-refractivity contribution in [2.24, 2.45) is 0 Å². The van der Waals surface area contributed by atoms with Crippen LogP contribution in [0.2, 0.25) is 0 Å². The summed E-state index contributed by atoms with van der Waals surface area (Å²) in [6.07, 6.45) is 0.469. The summed E-state index contributed by atoms with van der Waals surface area (Å²) in [6, 6.07) is 0. The molecule has 38 valence electrons. The summed E-state index contributed by atoms with van der Waals surface area (Å²) in [7, 11) is 1.38. The second-order valence-corrected chi connectivity index (χ2v) is 0.930. The number of esters is 1. The normalized spacial score (nSPS) is 6.57. The molecular formula is C4H9KO2. The minimum atomic E-state index is -0.157. The van der Waals surface area contributed by atoms with Gasteiger partial charge in [-0.05, 0) is 0 Å². The van der Waals surface area contributed by atoms with Crippen molar-refractivity contribution in [3.8, 4) is 0 Å². The molecule has 3 heteroatoms. The van der Waals surface area contributed by atoms with Crippen molar-refractivity contribution in [3.05, 3.63) is 0 Å². The van der Waals surface area contributed by atoms with Crippen LogP contribution in [-0.4, -0.2) is 64.5 Å². The van der Waals surface area contributed by atoms with Gasteiger partial charge < -0.3 is 4.74 Å². The van der Waals surface area contributed by atoms with Crippen LogP contribution in [0.1, 0.15) is 13.3 Å².